The van der Waals surface area contributed by atoms with E-state index < -0.39 is 0 Å². The third-order valence-corrected chi connectivity index (χ3v) is 5.29. The smallest absolute Gasteiger partial charge is 0.0587 e. The van der Waals surface area contributed by atoms with Crippen LogP contribution in [-0.4, -0.2) is 24.8 Å². The van der Waals surface area contributed by atoms with Crippen LogP contribution >= 0.6 is 0 Å². The summed E-state index contributed by atoms with van der Waals surface area (Å²) in [6.07, 6.45) is 8.27. The summed E-state index contributed by atoms with van der Waals surface area (Å²) in [6.45, 7) is 10.4. The van der Waals surface area contributed by atoms with Crippen molar-refractivity contribution in [3.05, 3.63) is 0 Å². The summed E-state index contributed by atoms with van der Waals surface area (Å²) in [7, 11) is 0. The molecular formula is C17H33NO. The van der Waals surface area contributed by atoms with Crippen molar-refractivity contribution in [3.63, 3.8) is 0 Å². The fraction of sp³-hybridized carbons (Fsp3) is 1.00. The Labute approximate surface area is 119 Å². The first kappa shape index (κ1) is 15.3. The van der Waals surface area contributed by atoms with Crippen molar-refractivity contribution in [2.24, 2.45) is 17.8 Å². The molecule has 19 heavy (non-hydrogen) atoms. The fourth-order valence-corrected chi connectivity index (χ4v) is 4.01. The first-order valence-electron chi connectivity index (χ1n) is 8.47. The predicted molar refractivity (Wildman–Crippen MR) is 81.3 cm³/mol. The molecule has 0 aromatic rings. The highest BCUT2D eigenvalue weighted by atomic mass is 16.5. The van der Waals surface area contributed by atoms with E-state index in [4.69, 9.17) is 4.74 Å². The van der Waals surface area contributed by atoms with Crippen LogP contribution in [0.5, 0.6) is 0 Å². The van der Waals surface area contributed by atoms with Crippen molar-refractivity contribution in [2.75, 3.05) is 6.61 Å². The molecule has 2 fully saturated rings. The first-order chi connectivity index (χ1) is 9.10. The second-order valence-electron chi connectivity index (χ2n) is 7.22. The molecule has 2 rings (SSSR count). The summed E-state index contributed by atoms with van der Waals surface area (Å²) in [4.78, 5) is 0. The van der Waals surface area contributed by atoms with E-state index in [0.29, 0.717) is 12.1 Å². The normalized spacial score (nSPS) is 40.6. The van der Waals surface area contributed by atoms with Crippen molar-refractivity contribution < 1.29 is 4.74 Å². The number of nitrogens with one attached hydrogen (secondary N) is 1. The zero-order valence-electron chi connectivity index (χ0n) is 13.3. The molecule has 1 N–H and O–H groups in total. The molecule has 112 valence electrons. The lowest BCUT2D eigenvalue weighted by molar-refractivity contribution is -0.00623. The maximum absolute atomic E-state index is 5.80. The number of hydrogen-bond acceptors (Lipinski definition) is 2. The molecule has 0 spiro atoms. The Balaban J connectivity index is 1.90. The SMILES string of the molecule is CCC1CC(NC2CC(C)CCC2C(C)C)CCO1. The maximum atomic E-state index is 5.80. The second-order valence-corrected chi connectivity index (χ2v) is 7.22. The summed E-state index contributed by atoms with van der Waals surface area (Å²) in [6, 6.07) is 1.43. The molecule has 0 amide bonds. The zero-order valence-corrected chi connectivity index (χ0v) is 13.3. The number of rotatable bonds is 4. The Morgan fingerprint density at radius 1 is 1.16 bits per heavy atom. The van der Waals surface area contributed by atoms with E-state index in [1.807, 2.05) is 0 Å². The van der Waals surface area contributed by atoms with Crippen molar-refractivity contribution in [3.8, 4) is 0 Å². The summed E-state index contributed by atoms with van der Waals surface area (Å²) < 4.78 is 5.80. The van der Waals surface area contributed by atoms with Gasteiger partial charge in [0.05, 0.1) is 6.10 Å². The van der Waals surface area contributed by atoms with Gasteiger partial charge in [-0.1, -0.05) is 34.1 Å². The van der Waals surface area contributed by atoms with Crippen LogP contribution in [0.2, 0.25) is 0 Å². The van der Waals surface area contributed by atoms with E-state index in [9.17, 15) is 0 Å². The molecule has 0 aromatic carbocycles. The Morgan fingerprint density at radius 3 is 2.63 bits per heavy atom. The van der Waals surface area contributed by atoms with Gasteiger partial charge in [-0.15, -0.1) is 0 Å². The molecule has 1 aliphatic carbocycles. The zero-order chi connectivity index (χ0) is 13.8. The van der Waals surface area contributed by atoms with Gasteiger partial charge in [0.1, 0.15) is 0 Å². The molecule has 1 saturated heterocycles. The Hall–Kier alpha value is -0.0800. The lowest BCUT2D eigenvalue weighted by Gasteiger charge is -2.41. The van der Waals surface area contributed by atoms with E-state index in [1.54, 1.807) is 0 Å². The fourth-order valence-electron chi connectivity index (χ4n) is 4.01. The van der Waals surface area contributed by atoms with E-state index in [0.717, 1.165) is 36.8 Å². The van der Waals surface area contributed by atoms with Crippen molar-refractivity contribution >= 4 is 0 Å². The lowest BCUT2D eigenvalue weighted by Crippen LogP contribution is -2.50. The van der Waals surface area contributed by atoms with Gasteiger partial charge >= 0.3 is 0 Å². The first-order valence-corrected chi connectivity index (χ1v) is 8.47. The average molecular weight is 267 g/mol. The van der Waals surface area contributed by atoms with Crippen LogP contribution in [0, 0.1) is 17.8 Å². The minimum atomic E-state index is 0.491. The van der Waals surface area contributed by atoms with E-state index in [1.165, 1.54) is 32.1 Å². The highest BCUT2D eigenvalue weighted by Gasteiger charge is 2.33. The van der Waals surface area contributed by atoms with E-state index in [-0.39, 0.29) is 0 Å². The standard InChI is InChI=1S/C17H33NO/c1-5-15-11-14(8-9-19-15)18-17-10-13(4)6-7-16(17)12(2)3/h12-18H,5-11H2,1-4H3. The van der Waals surface area contributed by atoms with Gasteiger partial charge in [-0.3, -0.25) is 0 Å². The maximum Gasteiger partial charge on any atom is 0.0587 e. The molecule has 0 radical (unpaired) electrons. The van der Waals surface area contributed by atoms with E-state index >= 15 is 0 Å². The average Bonchev–Trinajstić information content (AvgIpc) is 2.38. The highest BCUT2D eigenvalue weighted by Crippen LogP contribution is 2.34. The summed E-state index contributed by atoms with van der Waals surface area (Å²) in [5, 5.41) is 4.00. The van der Waals surface area contributed by atoms with Gasteiger partial charge in [0.2, 0.25) is 0 Å². The van der Waals surface area contributed by atoms with Crippen LogP contribution in [-0.2, 0) is 4.74 Å². The monoisotopic (exact) mass is 267 g/mol. The van der Waals surface area contributed by atoms with Crippen molar-refractivity contribution in [1.82, 2.24) is 5.32 Å². The summed E-state index contributed by atoms with van der Waals surface area (Å²) >= 11 is 0. The lowest BCUT2D eigenvalue weighted by atomic mass is 9.73. The quantitative estimate of drug-likeness (QED) is 0.831. The Morgan fingerprint density at radius 2 is 1.95 bits per heavy atom. The van der Waals surface area contributed by atoms with Crippen LogP contribution in [0.25, 0.3) is 0 Å². The molecule has 1 saturated carbocycles. The predicted octanol–water partition coefficient (Wildman–Crippen LogP) is 3.99. The van der Waals surface area contributed by atoms with Crippen LogP contribution in [0.3, 0.4) is 0 Å². The highest BCUT2D eigenvalue weighted by molar-refractivity contribution is 4.89. The molecular weight excluding hydrogens is 234 g/mol. The topological polar surface area (TPSA) is 21.3 Å². The Kier molecular flexibility index (Phi) is 5.70. The molecule has 0 aromatic heterocycles. The van der Waals surface area contributed by atoms with Crippen molar-refractivity contribution in [2.45, 2.75) is 84.4 Å². The van der Waals surface area contributed by atoms with Crippen LogP contribution < -0.4 is 5.32 Å². The molecule has 1 aliphatic heterocycles. The summed E-state index contributed by atoms with van der Waals surface area (Å²) in [5.74, 6) is 2.58. The summed E-state index contributed by atoms with van der Waals surface area (Å²) in [5.41, 5.74) is 0. The minimum absolute atomic E-state index is 0.491. The molecule has 0 bridgehead atoms. The van der Waals surface area contributed by atoms with Gasteiger partial charge in [0.15, 0.2) is 0 Å². The van der Waals surface area contributed by atoms with Crippen molar-refractivity contribution in [1.29, 1.82) is 0 Å². The van der Waals surface area contributed by atoms with Gasteiger partial charge < -0.3 is 10.1 Å². The molecule has 5 atom stereocenters. The van der Waals surface area contributed by atoms with E-state index in [2.05, 4.69) is 33.0 Å². The largest absolute Gasteiger partial charge is 0.378 e. The van der Waals surface area contributed by atoms with Gasteiger partial charge in [0, 0.05) is 18.7 Å². The van der Waals surface area contributed by atoms with Gasteiger partial charge in [-0.25, -0.2) is 0 Å². The van der Waals surface area contributed by atoms with Crippen LogP contribution in [0.1, 0.15) is 66.2 Å². The van der Waals surface area contributed by atoms with Gasteiger partial charge in [-0.2, -0.15) is 0 Å². The van der Waals surface area contributed by atoms with Crippen LogP contribution in [0.4, 0.5) is 0 Å². The van der Waals surface area contributed by atoms with Gasteiger partial charge in [-0.05, 0) is 49.9 Å². The number of hydrogen-bond donors (Lipinski definition) is 1. The molecule has 5 unspecified atom stereocenters. The van der Waals surface area contributed by atoms with Gasteiger partial charge in [0.25, 0.3) is 0 Å². The third kappa shape index (κ3) is 4.19. The minimum Gasteiger partial charge on any atom is -0.378 e. The molecule has 2 nitrogen and oxygen atoms in total. The third-order valence-electron chi connectivity index (χ3n) is 5.29. The van der Waals surface area contributed by atoms with Crippen LogP contribution in [0.15, 0.2) is 0 Å². The molecule has 2 heteroatoms. The molecule has 2 aliphatic rings. The second kappa shape index (κ2) is 7.08. The molecule has 1 heterocycles. The number of ether oxygens (including phenoxy) is 1. The Bertz CT molecular complexity index is 266.